The molecule has 0 bridgehead atoms. The van der Waals surface area contributed by atoms with E-state index in [1.807, 2.05) is 19.1 Å². The van der Waals surface area contributed by atoms with Gasteiger partial charge in [-0.3, -0.25) is 24.4 Å². The van der Waals surface area contributed by atoms with Gasteiger partial charge in [-0.25, -0.2) is 0 Å². The normalized spacial score (nSPS) is 12.3. The van der Waals surface area contributed by atoms with E-state index in [4.69, 9.17) is 5.73 Å². The lowest BCUT2D eigenvalue weighted by atomic mass is 10.1. The Kier molecular flexibility index (Phi) is 4.35. The van der Waals surface area contributed by atoms with Crippen LogP contribution >= 0.6 is 11.8 Å². The first-order valence-electron chi connectivity index (χ1n) is 6.08. The molecule has 0 aromatic carbocycles. The van der Waals surface area contributed by atoms with Crippen LogP contribution < -0.4 is 16.9 Å². The van der Waals surface area contributed by atoms with Crippen LogP contribution in [0.5, 0.6) is 0 Å². The molecule has 3 N–H and O–H groups in total. The molecule has 2 rings (SSSR count). The minimum Gasteiger partial charge on any atom is -0.323 e. The Morgan fingerprint density at radius 1 is 1.45 bits per heavy atom. The van der Waals surface area contributed by atoms with E-state index in [1.165, 1.54) is 16.4 Å². The van der Waals surface area contributed by atoms with Gasteiger partial charge in [0.25, 0.3) is 0 Å². The van der Waals surface area contributed by atoms with Crippen LogP contribution in [0, 0.1) is 0 Å². The van der Waals surface area contributed by atoms with Crippen molar-refractivity contribution in [3.63, 3.8) is 0 Å². The molecule has 20 heavy (non-hydrogen) atoms. The van der Waals surface area contributed by atoms with Crippen molar-refractivity contribution < 1.29 is 0 Å². The molecule has 0 aliphatic carbocycles. The molecule has 8 heteroatoms. The SMILES string of the molecule is CC[C@@H](N)c1ccc(Sc2nc(=O)c(=O)[nH]n2C)cn1. The highest BCUT2D eigenvalue weighted by Crippen LogP contribution is 2.24. The number of nitrogens with zero attached hydrogens (tertiary/aromatic N) is 3. The number of hydrogen-bond acceptors (Lipinski definition) is 6. The number of aromatic amines is 1. The van der Waals surface area contributed by atoms with E-state index >= 15 is 0 Å². The molecule has 7 nitrogen and oxygen atoms in total. The van der Waals surface area contributed by atoms with E-state index in [0.29, 0.717) is 5.16 Å². The summed E-state index contributed by atoms with van der Waals surface area (Å²) in [6.07, 6.45) is 2.49. The predicted molar refractivity (Wildman–Crippen MR) is 75.7 cm³/mol. The average Bonchev–Trinajstić information content (AvgIpc) is 2.44. The highest BCUT2D eigenvalue weighted by atomic mass is 32.2. The second kappa shape index (κ2) is 6.02. The summed E-state index contributed by atoms with van der Waals surface area (Å²) >= 11 is 1.24. The van der Waals surface area contributed by atoms with E-state index in [2.05, 4.69) is 15.1 Å². The van der Waals surface area contributed by atoms with Gasteiger partial charge in [0.05, 0.1) is 5.69 Å². The summed E-state index contributed by atoms with van der Waals surface area (Å²) in [7, 11) is 1.62. The van der Waals surface area contributed by atoms with Crippen molar-refractivity contribution in [2.75, 3.05) is 0 Å². The van der Waals surface area contributed by atoms with Crippen molar-refractivity contribution in [2.45, 2.75) is 29.4 Å². The Balaban J connectivity index is 2.24. The Hall–Kier alpha value is -1.93. The first-order chi connectivity index (χ1) is 9.51. The first kappa shape index (κ1) is 14.5. The molecule has 0 amide bonds. The molecule has 2 heterocycles. The molecule has 0 spiro atoms. The number of hydrogen-bond donors (Lipinski definition) is 2. The van der Waals surface area contributed by atoms with Crippen LogP contribution in [0.15, 0.2) is 38.0 Å². The highest BCUT2D eigenvalue weighted by molar-refractivity contribution is 7.99. The smallest absolute Gasteiger partial charge is 0.323 e. The number of rotatable bonds is 4. The van der Waals surface area contributed by atoms with Crippen LogP contribution in [0.4, 0.5) is 0 Å². The van der Waals surface area contributed by atoms with Crippen molar-refractivity contribution >= 4 is 11.8 Å². The second-order valence-electron chi connectivity index (χ2n) is 4.24. The van der Waals surface area contributed by atoms with Gasteiger partial charge in [-0.05, 0) is 30.3 Å². The molecule has 0 aliphatic heterocycles. The molecule has 0 unspecified atom stereocenters. The number of H-pyrrole nitrogens is 1. The van der Waals surface area contributed by atoms with Gasteiger partial charge in [0, 0.05) is 24.2 Å². The summed E-state index contributed by atoms with van der Waals surface area (Å²) in [5.74, 6) is 0. The Bertz CT molecular complexity index is 707. The number of aryl methyl sites for hydroxylation is 1. The molecule has 2 aromatic heterocycles. The van der Waals surface area contributed by atoms with Gasteiger partial charge in [-0.2, -0.15) is 4.98 Å². The van der Waals surface area contributed by atoms with E-state index in [-0.39, 0.29) is 6.04 Å². The third-order valence-electron chi connectivity index (χ3n) is 2.74. The number of aromatic nitrogens is 4. The van der Waals surface area contributed by atoms with E-state index in [9.17, 15) is 9.59 Å². The van der Waals surface area contributed by atoms with E-state index < -0.39 is 11.1 Å². The fourth-order valence-electron chi connectivity index (χ4n) is 1.54. The molecular weight excluding hydrogens is 278 g/mol. The van der Waals surface area contributed by atoms with Crippen molar-refractivity contribution in [3.05, 3.63) is 44.7 Å². The Morgan fingerprint density at radius 3 is 2.80 bits per heavy atom. The highest BCUT2D eigenvalue weighted by Gasteiger charge is 2.08. The molecule has 1 atom stereocenters. The fourth-order valence-corrected chi connectivity index (χ4v) is 2.30. The summed E-state index contributed by atoms with van der Waals surface area (Å²) in [5.41, 5.74) is 5.17. The molecule has 0 radical (unpaired) electrons. The van der Waals surface area contributed by atoms with Crippen LogP contribution in [-0.2, 0) is 7.05 Å². The van der Waals surface area contributed by atoms with Crippen molar-refractivity contribution in [1.82, 2.24) is 19.7 Å². The number of nitrogens with one attached hydrogen (secondary N) is 1. The van der Waals surface area contributed by atoms with Gasteiger partial charge in [0.1, 0.15) is 0 Å². The summed E-state index contributed by atoms with van der Waals surface area (Å²) in [6.45, 7) is 2.00. The van der Waals surface area contributed by atoms with Gasteiger partial charge >= 0.3 is 11.1 Å². The third-order valence-corrected chi connectivity index (χ3v) is 3.76. The average molecular weight is 293 g/mol. The zero-order valence-corrected chi connectivity index (χ0v) is 12.0. The molecule has 2 aromatic rings. The van der Waals surface area contributed by atoms with Crippen molar-refractivity contribution in [2.24, 2.45) is 12.8 Å². The van der Waals surface area contributed by atoms with Crippen LogP contribution in [0.3, 0.4) is 0 Å². The van der Waals surface area contributed by atoms with Gasteiger partial charge in [0.15, 0.2) is 5.16 Å². The first-order valence-corrected chi connectivity index (χ1v) is 6.89. The zero-order valence-electron chi connectivity index (χ0n) is 11.2. The topological polar surface area (TPSA) is 107 Å². The summed E-state index contributed by atoms with van der Waals surface area (Å²) in [4.78, 5) is 31.2. The van der Waals surface area contributed by atoms with Gasteiger partial charge in [-0.1, -0.05) is 6.92 Å². The molecular formula is C12H15N5O2S. The van der Waals surface area contributed by atoms with Gasteiger partial charge in [-0.15, -0.1) is 0 Å². The maximum Gasteiger partial charge on any atom is 0.339 e. The summed E-state index contributed by atoms with van der Waals surface area (Å²) in [5, 5.41) is 2.78. The van der Waals surface area contributed by atoms with Crippen LogP contribution in [0.1, 0.15) is 25.1 Å². The summed E-state index contributed by atoms with van der Waals surface area (Å²) < 4.78 is 1.40. The number of pyridine rings is 1. The maximum absolute atomic E-state index is 11.3. The lowest BCUT2D eigenvalue weighted by molar-refractivity contribution is 0.596. The molecule has 0 fully saturated rings. The lowest BCUT2D eigenvalue weighted by Gasteiger charge is -2.09. The van der Waals surface area contributed by atoms with Crippen LogP contribution in [0.25, 0.3) is 0 Å². The monoisotopic (exact) mass is 293 g/mol. The Morgan fingerprint density at radius 2 is 2.20 bits per heavy atom. The van der Waals surface area contributed by atoms with Crippen LogP contribution in [-0.4, -0.2) is 19.7 Å². The Labute approximate surface area is 119 Å². The fraction of sp³-hybridized carbons (Fsp3) is 0.333. The largest absolute Gasteiger partial charge is 0.339 e. The van der Waals surface area contributed by atoms with Crippen molar-refractivity contribution in [1.29, 1.82) is 0 Å². The number of nitrogens with two attached hydrogens (primary N) is 1. The minimum absolute atomic E-state index is 0.0791. The standard InChI is InChI=1S/C12H15N5O2S/c1-3-8(13)9-5-4-7(6-14-9)20-12-15-10(18)11(19)16-17(12)2/h4-6,8H,3,13H2,1-2H3,(H,16,19)/t8-/m1/s1. The molecule has 0 aliphatic rings. The molecule has 106 valence electrons. The quantitative estimate of drug-likeness (QED) is 0.791. The third kappa shape index (κ3) is 3.14. The predicted octanol–water partition coefficient (Wildman–Crippen LogP) is 0.425. The molecule has 0 saturated heterocycles. The van der Waals surface area contributed by atoms with Gasteiger partial charge < -0.3 is 5.73 Å². The zero-order chi connectivity index (χ0) is 14.7. The minimum atomic E-state index is -0.803. The van der Waals surface area contributed by atoms with Gasteiger partial charge in [0.2, 0.25) is 0 Å². The lowest BCUT2D eigenvalue weighted by Crippen LogP contribution is -2.33. The van der Waals surface area contributed by atoms with E-state index in [0.717, 1.165) is 17.0 Å². The summed E-state index contributed by atoms with van der Waals surface area (Å²) in [6, 6.07) is 3.63. The molecule has 0 saturated carbocycles. The second-order valence-corrected chi connectivity index (χ2v) is 5.28. The van der Waals surface area contributed by atoms with Crippen molar-refractivity contribution in [3.8, 4) is 0 Å². The maximum atomic E-state index is 11.3. The van der Waals surface area contributed by atoms with Crippen LogP contribution in [0.2, 0.25) is 0 Å². The van der Waals surface area contributed by atoms with E-state index in [1.54, 1.807) is 13.2 Å².